The molecule has 0 saturated heterocycles. The molecule has 5 nitrogen and oxygen atoms in total. The molecule has 156 valence electrons. The fraction of sp³-hybridized carbons (Fsp3) is 0.174. The van der Waals surface area contributed by atoms with Crippen LogP contribution in [0.15, 0.2) is 82.2 Å². The lowest BCUT2D eigenvalue weighted by Gasteiger charge is -2.22. The van der Waals surface area contributed by atoms with Crippen molar-refractivity contribution < 1.29 is 13.2 Å². The lowest BCUT2D eigenvalue weighted by molar-refractivity contribution is -0.116. The van der Waals surface area contributed by atoms with Crippen LogP contribution >= 0.6 is 15.9 Å². The standard InChI is InChI=1S/C23H23BrN2O3S/c1-17-7-11-19(12-8-17)15-26(30(28,29)20-13-9-18(2)10-14-20)16-23(27)25-22-6-4-3-5-21(22)24/h3-14H,15-16H2,1-2H3,(H,25,27). The fourth-order valence-corrected chi connectivity index (χ4v) is 4.66. The smallest absolute Gasteiger partial charge is 0.243 e. The molecule has 7 heteroatoms. The first kappa shape index (κ1) is 22.2. The molecule has 0 radical (unpaired) electrons. The van der Waals surface area contributed by atoms with Crippen molar-refractivity contribution >= 4 is 37.5 Å². The zero-order valence-electron chi connectivity index (χ0n) is 16.8. The third kappa shape index (κ3) is 5.56. The van der Waals surface area contributed by atoms with Crippen LogP contribution in [0.25, 0.3) is 0 Å². The maximum atomic E-state index is 13.3. The average Bonchev–Trinajstić information content (AvgIpc) is 2.71. The van der Waals surface area contributed by atoms with Gasteiger partial charge in [-0.2, -0.15) is 4.31 Å². The van der Waals surface area contributed by atoms with Gasteiger partial charge in [0.25, 0.3) is 0 Å². The van der Waals surface area contributed by atoms with Gasteiger partial charge in [0, 0.05) is 11.0 Å². The van der Waals surface area contributed by atoms with Gasteiger partial charge >= 0.3 is 0 Å². The molecule has 1 amide bonds. The van der Waals surface area contributed by atoms with E-state index in [1.54, 1.807) is 36.4 Å². The van der Waals surface area contributed by atoms with Crippen LogP contribution in [0.5, 0.6) is 0 Å². The molecular weight excluding hydrogens is 464 g/mol. The van der Waals surface area contributed by atoms with E-state index in [0.717, 1.165) is 21.2 Å². The molecule has 1 N–H and O–H groups in total. The number of para-hydroxylation sites is 1. The number of rotatable bonds is 7. The minimum atomic E-state index is -3.86. The van der Waals surface area contributed by atoms with Gasteiger partial charge in [-0.15, -0.1) is 0 Å². The quantitative estimate of drug-likeness (QED) is 0.516. The number of nitrogens with one attached hydrogen (secondary N) is 1. The molecule has 3 aromatic rings. The number of nitrogens with zero attached hydrogens (tertiary/aromatic N) is 1. The van der Waals surface area contributed by atoms with Gasteiger partial charge in [-0.1, -0.05) is 59.7 Å². The molecule has 0 aliphatic heterocycles. The Morgan fingerprint density at radius 2 is 1.47 bits per heavy atom. The number of sulfonamides is 1. The zero-order chi connectivity index (χ0) is 21.7. The molecule has 0 bridgehead atoms. The Labute approximate surface area is 185 Å². The van der Waals surface area contributed by atoms with Crippen LogP contribution in [0.4, 0.5) is 5.69 Å². The molecule has 0 atom stereocenters. The van der Waals surface area contributed by atoms with Gasteiger partial charge in [0.15, 0.2) is 0 Å². The van der Waals surface area contributed by atoms with Gasteiger partial charge in [-0.05, 0) is 59.6 Å². The van der Waals surface area contributed by atoms with E-state index in [2.05, 4.69) is 21.2 Å². The van der Waals surface area contributed by atoms with Crippen molar-refractivity contribution in [3.05, 3.63) is 94.0 Å². The van der Waals surface area contributed by atoms with E-state index < -0.39 is 15.9 Å². The second-order valence-corrected chi connectivity index (χ2v) is 9.89. The number of hydrogen-bond donors (Lipinski definition) is 1. The second-order valence-electron chi connectivity index (χ2n) is 7.10. The number of anilines is 1. The summed E-state index contributed by atoms with van der Waals surface area (Å²) in [5.74, 6) is -0.412. The number of amides is 1. The third-order valence-corrected chi connectivity index (χ3v) is 7.10. The average molecular weight is 487 g/mol. The number of carbonyl (C=O) groups is 1. The Morgan fingerprint density at radius 1 is 0.900 bits per heavy atom. The summed E-state index contributed by atoms with van der Waals surface area (Å²) in [4.78, 5) is 12.9. The number of halogens is 1. The Morgan fingerprint density at radius 3 is 2.07 bits per heavy atom. The molecule has 0 aliphatic rings. The Kier molecular flexibility index (Phi) is 7.07. The minimum absolute atomic E-state index is 0.0971. The summed E-state index contributed by atoms with van der Waals surface area (Å²) in [5.41, 5.74) is 3.44. The Bertz CT molecular complexity index is 1130. The first-order valence-electron chi connectivity index (χ1n) is 9.42. The number of aryl methyl sites for hydroxylation is 2. The van der Waals surface area contributed by atoms with Crippen molar-refractivity contribution in [1.29, 1.82) is 0 Å². The van der Waals surface area contributed by atoms with Crippen LogP contribution in [-0.4, -0.2) is 25.2 Å². The Hall–Kier alpha value is -2.48. The predicted octanol–water partition coefficient (Wildman–Crippen LogP) is 4.90. The molecule has 0 unspecified atom stereocenters. The van der Waals surface area contributed by atoms with Crippen LogP contribution in [0.3, 0.4) is 0 Å². The van der Waals surface area contributed by atoms with Crippen molar-refractivity contribution in [2.24, 2.45) is 0 Å². The van der Waals surface area contributed by atoms with Crippen LogP contribution < -0.4 is 5.32 Å². The molecule has 0 heterocycles. The molecule has 0 spiro atoms. The summed E-state index contributed by atoms with van der Waals surface area (Å²) in [6.45, 7) is 3.66. The van der Waals surface area contributed by atoms with Gasteiger partial charge in [-0.3, -0.25) is 4.79 Å². The highest BCUT2D eigenvalue weighted by Crippen LogP contribution is 2.23. The van der Waals surface area contributed by atoms with Crippen molar-refractivity contribution in [3.8, 4) is 0 Å². The summed E-state index contributed by atoms with van der Waals surface area (Å²) < 4.78 is 28.5. The predicted molar refractivity (Wildman–Crippen MR) is 123 cm³/mol. The maximum absolute atomic E-state index is 13.3. The summed E-state index contributed by atoms with van der Waals surface area (Å²) in [5, 5.41) is 2.78. The monoisotopic (exact) mass is 486 g/mol. The highest BCUT2D eigenvalue weighted by molar-refractivity contribution is 9.10. The lowest BCUT2D eigenvalue weighted by Crippen LogP contribution is -2.37. The molecule has 0 aliphatic carbocycles. The molecule has 0 fully saturated rings. The maximum Gasteiger partial charge on any atom is 0.243 e. The molecule has 3 rings (SSSR count). The number of benzene rings is 3. The van der Waals surface area contributed by atoms with Gasteiger partial charge in [0.1, 0.15) is 0 Å². The topological polar surface area (TPSA) is 66.5 Å². The minimum Gasteiger partial charge on any atom is -0.324 e. The highest BCUT2D eigenvalue weighted by atomic mass is 79.9. The highest BCUT2D eigenvalue weighted by Gasteiger charge is 2.27. The largest absolute Gasteiger partial charge is 0.324 e. The van der Waals surface area contributed by atoms with Gasteiger partial charge < -0.3 is 5.32 Å². The van der Waals surface area contributed by atoms with E-state index in [4.69, 9.17) is 0 Å². The SMILES string of the molecule is Cc1ccc(CN(CC(=O)Nc2ccccc2Br)S(=O)(=O)c2ccc(C)cc2)cc1. The number of carbonyl (C=O) groups excluding carboxylic acids is 1. The van der Waals surface area contributed by atoms with Crippen molar-refractivity contribution in [3.63, 3.8) is 0 Å². The Balaban J connectivity index is 1.88. The van der Waals surface area contributed by atoms with E-state index in [-0.39, 0.29) is 18.0 Å². The summed E-state index contributed by atoms with van der Waals surface area (Å²) in [6.07, 6.45) is 0. The van der Waals surface area contributed by atoms with E-state index in [0.29, 0.717) is 5.69 Å². The van der Waals surface area contributed by atoms with E-state index in [1.807, 2.05) is 50.2 Å². The summed E-state index contributed by atoms with van der Waals surface area (Å²) in [7, 11) is -3.86. The summed E-state index contributed by atoms with van der Waals surface area (Å²) >= 11 is 3.39. The van der Waals surface area contributed by atoms with Crippen LogP contribution in [0, 0.1) is 13.8 Å². The lowest BCUT2D eigenvalue weighted by atomic mass is 10.1. The van der Waals surface area contributed by atoms with Crippen LogP contribution in [0.2, 0.25) is 0 Å². The van der Waals surface area contributed by atoms with Gasteiger partial charge in [0.2, 0.25) is 15.9 Å². The molecule has 0 saturated carbocycles. The van der Waals surface area contributed by atoms with Crippen molar-refractivity contribution in [2.45, 2.75) is 25.3 Å². The molecule has 0 aromatic heterocycles. The van der Waals surface area contributed by atoms with Gasteiger partial charge in [0.05, 0.1) is 17.1 Å². The molecular formula is C23H23BrN2O3S. The van der Waals surface area contributed by atoms with Crippen LogP contribution in [0.1, 0.15) is 16.7 Å². The molecule has 30 heavy (non-hydrogen) atoms. The van der Waals surface area contributed by atoms with Crippen LogP contribution in [-0.2, 0) is 21.4 Å². The normalized spacial score (nSPS) is 11.5. The fourth-order valence-electron chi connectivity index (χ4n) is 2.89. The van der Waals surface area contributed by atoms with E-state index in [9.17, 15) is 13.2 Å². The van der Waals surface area contributed by atoms with Crippen molar-refractivity contribution in [2.75, 3.05) is 11.9 Å². The first-order valence-corrected chi connectivity index (χ1v) is 11.7. The first-order chi connectivity index (χ1) is 14.3. The van der Waals surface area contributed by atoms with Crippen molar-refractivity contribution in [1.82, 2.24) is 4.31 Å². The number of hydrogen-bond acceptors (Lipinski definition) is 3. The van der Waals surface area contributed by atoms with Gasteiger partial charge in [-0.25, -0.2) is 8.42 Å². The van der Waals surface area contributed by atoms with E-state index >= 15 is 0 Å². The third-order valence-electron chi connectivity index (χ3n) is 4.61. The summed E-state index contributed by atoms with van der Waals surface area (Å²) in [6, 6.07) is 21.4. The zero-order valence-corrected chi connectivity index (χ0v) is 19.2. The van der Waals surface area contributed by atoms with E-state index in [1.165, 1.54) is 4.31 Å². The second kappa shape index (κ2) is 9.55. The molecule has 3 aromatic carbocycles.